The highest BCUT2D eigenvalue weighted by molar-refractivity contribution is 5.84. The number of carbonyl (C=O) groups is 3. The molecule has 21 heavy (non-hydrogen) atoms. The van der Waals surface area contributed by atoms with Crippen LogP contribution in [0.2, 0.25) is 0 Å². The Morgan fingerprint density at radius 2 is 2.14 bits per heavy atom. The molecule has 116 valence electrons. The lowest BCUT2D eigenvalue weighted by Crippen LogP contribution is -2.54. The molecule has 3 N–H and O–H groups in total. The quantitative estimate of drug-likeness (QED) is 0.688. The van der Waals surface area contributed by atoms with Crippen molar-refractivity contribution < 1.29 is 19.5 Å². The molecule has 3 amide bonds. The summed E-state index contributed by atoms with van der Waals surface area (Å²) in [7, 11) is 0. The lowest BCUT2D eigenvalue weighted by atomic mass is 9.92. The number of urea groups is 1. The Kier molecular flexibility index (Phi) is 3.73. The third-order valence-corrected chi connectivity index (χ3v) is 4.76. The Morgan fingerprint density at radius 3 is 2.81 bits per heavy atom. The van der Waals surface area contributed by atoms with Crippen molar-refractivity contribution in [3.05, 3.63) is 0 Å². The zero-order valence-corrected chi connectivity index (χ0v) is 11.9. The van der Waals surface area contributed by atoms with Crippen molar-refractivity contribution in [1.29, 1.82) is 0 Å². The van der Waals surface area contributed by atoms with E-state index in [2.05, 4.69) is 10.6 Å². The van der Waals surface area contributed by atoms with Crippen molar-refractivity contribution in [2.24, 2.45) is 11.8 Å². The number of hydrogen-bond acceptors (Lipinski definition) is 3. The van der Waals surface area contributed by atoms with Gasteiger partial charge in [-0.05, 0) is 31.6 Å². The Labute approximate surface area is 123 Å². The van der Waals surface area contributed by atoms with Crippen LogP contribution in [0.25, 0.3) is 0 Å². The van der Waals surface area contributed by atoms with E-state index in [0.717, 1.165) is 25.7 Å². The lowest BCUT2D eigenvalue weighted by Gasteiger charge is -2.36. The van der Waals surface area contributed by atoms with Crippen LogP contribution in [0.3, 0.4) is 0 Å². The smallest absolute Gasteiger partial charge is 0.317 e. The van der Waals surface area contributed by atoms with E-state index in [1.807, 2.05) is 0 Å². The number of piperidine rings is 1. The predicted octanol–water partition coefficient (Wildman–Crippen LogP) is 0.160. The van der Waals surface area contributed by atoms with Gasteiger partial charge in [-0.3, -0.25) is 9.59 Å². The van der Waals surface area contributed by atoms with Gasteiger partial charge in [0.1, 0.15) is 0 Å². The summed E-state index contributed by atoms with van der Waals surface area (Å²) in [6, 6.07) is -0.601. The van der Waals surface area contributed by atoms with Gasteiger partial charge in [-0.2, -0.15) is 0 Å². The first kappa shape index (κ1) is 14.2. The van der Waals surface area contributed by atoms with E-state index in [1.165, 1.54) is 0 Å². The van der Waals surface area contributed by atoms with Gasteiger partial charge in [-0.15, -0.1) is 0 Å². The van der Waals surface area contributed by atoms with E-state index in [9.17, 15) is 14.4 Å². The molecule has 3 atom stereocenters. The molecule has 0 bridgehead atoms. The summed E-state index contributed by atoms with van der Waals surface area (Å²) in [4.78, 5) is 36.8. The highest BCUT2D eigenvalue weighted by Crippen LogP contribution is 2.34. The molecular formula is C14H21N3O4. The molecule has 0 aromatic carbocycles. The topological polar surface area (TPSA) is 98.7 Å². The van der Waals surface area contributed by atoms with Crippen LogP contribution in [0.15, 0.2) is 0 Å². The third-order valence-electron chi connectivity index (χ3n) is 4.76. The zero-order valence-electron chi connectivity index (χ0n) is 11.9. The van der Waals surface area contributed by atoms with E-state index in [0.29, 0.717) is 13.1 Å². The summed E-state index contributed by atoms with van der Waals surface area (Å²) < 4.78 is 0. The number of hydrogen-bond donors (Lipinski definition) is 3. The molecule has 0 radical (unpaired) electrons. The summed E-state index contributed by atoms with van der Waals surface area (Å²) in [6.07, 6.45) is 3.56. The third kappa shape index (κ3) is 2.96. The van der Waals surface area contributed by atoms with Gasteiger partial charge in [0.15, 0.2) is 0 Å². The fraction of sp³-hybridized carbons (Fsp3) is 0.786. The number of carboxylic acid groups (broad SMARTS) is 1. The van der Waals surface area contributed by atoms with E-state index >= 15 is 0 Å². The molecule has 2 saturated heterocycles. The summed E-state index contributed by atoms with van der Waals surface area (Å²) in [5, 5.41) is 14.6. The van der Waals surface area contributed by atoms with Crippen LogP contribution in [0.4, 0.5) is 4.79 Å². The van der Waals surface area contributed by atoms with Gasteiger partial charge in [0.25, 0.3) is 0 Å². The second kappa shape index (κ2) is 5.54. The number of likely N-dealkylation sites (tertiary alicyclic amines) is 1. The zero-order chi connectivity index (χ0) is 15.0. The van der Waals surface area contributed by atoms with Crippen molar-refractivity contribution in [3.8, 4) is 0 Å². The monoisotopic (exact) mass is 295 g/mol. The maximum absolute atomic E-state index is 12.5. The van der Waals surface area contributed by atoms with Crippen molar-refractivity contribution in [2.45, 2.75) is 44.2 Å². The molecule has 0 spiro atoms. The van der Waals surface area contributed by atoms with Gasteiger partial charge in [0.05, 0.1) is 18.4 Å². The largest absolute Gasteiger partial charge is 0.481 e. The van der Waals surface area contributed by atoms with Crippen LogP contribution in [-0.4, -0.2) is 53.1 Å². The molecule has 2 aliphatic heterocycles. The number of aliphatic carboxylic acids is 1. The van der Waals surface area contributed by atoms with Gasteiger partial charge in [-0.25, -0.2) is 4.79 Å². The van der Waals surface area contributed by atoms with Crippen LogP contribution in [0.5, 0.6) is 0 Å². The van der Waals surface area contributed by atoms with E-state index in [4.69, 9.17) is 5.11 Å². The van der Waals surface area contributed by atoms with E-state index in [1.54, 1.807) is 4.90 Å². The highest BCUT2D eigenvalue weighted by Gasteiger charge is 2.43. The van der Waals surface area contributed by atoms with Crippen molar-refractivity contribution in [3.63, 3.8) is 0 Å². The van der Waals surface area contributed by atoms with Gasteiger partial charge in [-0.1, -0.05) is 0 Å². The van der Waals surface area contributed by atoms with Gasteiger partial charge < -0.3 is 20.6 Å². The van der Waals surface area contributed by atoms with E-state index < -0.39 is 5.97 Å². The minimum atomic E-state index is -0.888. The number of amides is 3. The Bertz CT molecular complexity index is 463. The maximum atomic E-state index is 12.5. The summed E-state index contributed by atoms with van der Waals surface area (Å²) in [5.74, 6) is -0.680. The van der Waals surface area contributed by atoms with Crippen LogP contribution < -0.4 is 10.6 Å². The standard InChI is InChI=1S/C14H21N3O4/c18-12(19)6-10(8-3-4-8)16-14(21)17-5-1-2-9-11(17)7-15-13(9)20/h8-11H,1-7H2,(H,15,20)(H,16,21)(H,18,19). The molecule has 1 aliphatic carbocycles. The first-order chi connectivity index (χ1) is 10.1. The number of nitrogens with one attached hydrogen (secondary N) is 2. The molecule has 7 heteroatoms. The number of rotatable bonds is 4. The highest BCUT2D eigenvalue weighted by atomic mass is 16.4. The Morgan fingerprint density at radius 1 is 1.38 bits per heavy atom. The summed E-state index contributed by atoms with van der Waals surface area (Å²) in [5.41, 5.74) is 0. The normalized spacial score (nSPS) is 29.5. The minimum Gasteiger partial charge on any atom is -0.481 e. The van der Waals surface area contributed by atoms with Crippen LogP contribution in [0, 0.1) is 11.8 Å². The van der Waals surface area contributed by atoms with Gasteiger partial charge in [0, 0.05) is 19.1 Å². The predicted molar refractivity (Wildman–Crippen MR) is 73.5 cm³/mol. The first-order valence-electron chi connectivity index (χ1n) is 7.63. The van der Waals surface area contributed by atoms with Gasteiger partial charge >= 0.3 is 12.0 Å². The van der Waals surface area contributed by atoms with Crippen molar-refractivity contribution >= 4 is 17.9 Å². The average molecular weight is 295 g/mol. The van der Waals surface area contributed by atoms with Gasteiger partial charge in [0.2, 0.25) is 5.91 Å². The summed E-state index contributed by atoms with van der Waals surface area (Å²) >= 11 is 0. The average Bonchev–Trinajstić information content (AvgIpc) is 3.22. The molecule has 0 aromatic rings. The van der Waals surface area contributed by atoms with Crippen molar-refractivity contribution in [2.75, 3.05) is 13.1 Å². The molecule has 7 nitrogen and oxygen atoms in total. The first-order valence-corrected chi connectivity index (χ1v) is 7.63. The minimum absolute atomic E-state index is 0.0294. The second-order valence-corrected chi connectivity index (χ2v) is 6.25. The number of carbonyl (C=O) groups excluding carboxylic acids is 2. The Hall–Kier alpha value is -1.79. The molecule has 2 heterocycles. The molecular weight excluding hydrogens is 274 g/mol. The van der Waals surface area contributed by atoms with Crippen molar-refractivity contribution in [1.82, 2.24) is 15.5 Å². The number of carboxylic acids is 1. The van der Waals surface area contributed by atoms with Crippen LogP contribution >= 0.6 is 0 Å². The molecule has 3 rings (SSSR count). The van der Waals surface area contributed by atoms with E-state index in [-0.39, 0.29) is 42.3 Å². The fourth-order valence-corrected chi connectivity index (χ4v) is 3.47. The number of fused-ring (bicyclic) bond motifs is 1. The van der Waals surface area contributed by atoms with Crippen LogP contribution in [0.1, 0.15) is 32.1 Å². The fourth-order valence-electron chi connectivity index (χ4n) is 3.47. The molecule has 3 fully saturated rings. The Balaban J connectivity index is 1.63. The SMILES string of the molecule is O=C(O)CC(NC(=O)N1CCCC2C(=O)NCC21)C1CC1. The molecule has 3 unspecified atom stereocenters. The molecule has 0 aromatic heterocycles. The second-order valence-electron chi connectivity index (χ2n) is 6.25. The maximum Gasteiger partial charge on any atom is 0.317 e. The lowest BCUT2D eigenvalue weighted by molar-refractivity contribution is -0.137. The molecule has 3 aliphatic rings. The van der Waals surface area contributed by atoms with Crippen LogP contribution in [-0.2, 0) is 9.59 Å². The number of nitrogens with zero attached hydrogens (tertiary/aromatic N) is 1. The summed E-state index contributed by atoms with van der Waals surface area (Å²) in [6.45, 7) is 1.14. The molecule has 1 saturated carbocycles.